The first kappa shape index (κ1) is 97.8. The third kappa shape index (κ3) is 1640. The van der Waals surface area contributed by atoms with Gasteiger partial charge < -0.3 is 0 Å². The summed E-state index contributed by atoms with van der Waals surface area (Å²) in [5.41, 5.74) is 0. The van der Waals surface area contributed by atoms with Gasteiger partial charge >= 0.3 is 27.5 Å². The molecule has 0 rings (SSSR count). The van der Waals surface area contributed by atoms with E-state index in [0.717, 1.165) is 0 Å². The van der Waals surface area contributed by atoms with E-state index in [2.05, 4.69) is 0 Å². The van der Waals surface area contributed by atoms with Gasteiger partial charge in [-0.1, -0.05) is 9.05 Å². The van der Waals surface area contributed by atoms with E-state index in [0.29, 0.717) is 24.7 Å². The number of hydrogen-bond donors (Lipinski definition) is 2. The Labute approximate surface area is 83.2 Å². The molecule has 2 N–H and O–H groups in total. The predicted molar refractivity (Wildman–Crippen MR) is 17.4 cm³/mol. The van der Waals surface area contributed by atoms with E-state index in [4.69, 9.17) is 22.5 Å². The molecule has 11 heteroatoms. The van der Waals surface area contributed by atoms with Gasteiger partial charge in [-0.2, -0.15) is 0 Å². The van der Waals surface area contributed by atoms with Crippen LogP contribution in [0.1, 0.15) is 0 Å². The second-order valence-corrected chi connectivity index (χ2v) is 0. The van der Waals surface area contributed by atoms with Gasteiger partial charge in [0.2, 0.25) is 0 Å². The van der Waals surface area contributed by atoms with Gasteiger partial charge in [-0.05, 0) is 0 Å². The van der Waals surface area contributed by atoms with Crippen LogP contribution in [0.2, 0.25) is 0 Å². The zero-order chi connectivity index (χ0) is 6.00. The van der Waals surface area contributed by atoms with Gasteiger partial charge in [0.25, 0.3) is 0 Å². The zero-order valence-electron chi connectivity index (χ0n) is 4.49. The molecule has 81 valence electrons. The van der Waals surface area contributed by atoms with Gasteiger partial charge in [0.1, 0.15) is 0 Å². The van der Waals surface area contributed by atoms with Crippen LogP contribution in [-0.4, -0.2) is 10.6 Å². The summed E-state index contributed by atoms with van der Waals surface area (Å²) in [5, 5.41) is 11.0. The molecule has 0 aliphatic heterocycles. The zero-order valence-corrected chi connectivity index (χ0v) is 7.89. The monoisotopic (exact) mass is 321 g/mol. The molecule has 1 radical (unpaired) electrons. The predicted octanol–water partition coefficient (Wildman–Crippen LogP) is 0.213. The van der Waals surface area contributed by atoms with Crippen molar-refractivity contribution in [3.8, 4) is 0 Å². The van der Waals surface area contributed by atoms with E-state index in [1.807, 2.05) is 0 Å². The molecule has 0 saturated carbocycles. The van der Waals surface area contributed by atoms with Gasteiger partial charge in [0, 0.05) is 17.1 Å². The average molecular weight is 323 g/mol. The third-order valence-corrected chi connectivity index (χ3v) is 0. The Balaban J connectivity index is -0.00000000167. The van der Waals surface area contributed by atoms with E-state index in [1.54, 1.807) is 0 Å². The summed E-state index contributed by atoms with van der Waals surface area (Å²) in [6.45, 7) is 0. The Kier molecular flexibility index (Phi) is 18100. The summed E-state index contributed by atoms with van der Waals surface area (Å²) in [6.07, 6.45) is 0. The van der Waals surface area contributed by atoms with Crippen LogP contribution in [0, 0.1) is 0 Å². The number of rotatable bonds is 0. The van der Waals surface area contributed by atoms with Gasteiger partial charge in [-0.15, -0.1) is 0 Å². The van der Waals surface area contributed by atoms with Crippen LogP contribution in [0.25, 0.3) is 0 Å². The molecule has 0 aliphatic rings. The molecule has 0 aliphatic carbocycles. The summed E-state index contributed by atoms with van der Waals surface area (Å²) in [6, 6.07) is 0. The van der Waals surface area contributed by atoms with Gasteiger partial charge in [0.05, 0.1) is 0 Å². The molecule has 0 heterocycles. The number of hydrogen-bond acceptors (Lipinski definition) is 3. The maximum absolute atomic E-state index is 8.50. The molecule has 0 bridgehead atoms. The molecule has 0 unspecified atom stereocenters. The van der Waals surface area contributed by atoms with Crippen molar-refractivity contribution in [1.29, 1.82) is 0 Å². The Morgan fingerprint density at radius 2 is 0.727 bits per heavy atom. The van der Waals surface area contributed by atoms with Crippen LogP contribution in [0.15, 0.2) is 0 Å². The van der Waals surface area contributed by atoms with Crippen LogP contribution in [0.3, 0.4) is 0 Å². The summed E-state index contributed by atoms with van der Waals surface area (Å²) in [4.78, 5) is 0. The molecule has 0 amide bonds. The van der Waals surface area contributed by atoms with Crippen molar-refractivity contribution in [2.75, 3.05) is 0 Å². The Bertz CT molecular complexity index is 17.8. The Morgan fingerprint density at radius 3 is 0.727 bits per heavy atom. The molecule has 0 fully saturated rings. The van der Waals surface area contributed by atoms with Crippen LogP contribution >= 0.6 is 0 Å². The SMILES string of the molecule is F.F.F.F.OF.OF.[Cu].[O]=[Zr]. The summed E-state index contributed by atoms with van der Waals surface area (Å²) in [5.74, 6) is 0. The molecule has 0 saturated heterocycles. The Morgan fingerprint density at radius 1 is 0.727 bits per heavy atom. The van der Waals surface area contributed by atoms with Crippen molar-refractivity contribution < 1.29 is 83.1 Å². The number of halogens is 6. The molecule has 0 atom stereocenters. The minimum atomic E-state index is 0. The van der Waals surface area contributed by atoms with Crippen molar-refractivity contribution in [2.24, 2.45) is 0 Å². The van der Waals surface area contributed by atoms with Gasteiger partial charge in [-0.3, -0.25) is 18.8 Å². The molecule has 11 heavy (non-hydrogen) atoms. The van der Waals surface area contributed by atoms with E-state index in [1.165, 1.54) is 0 Å². The van der Waals surface area contributed by atoms with E-state index in [-0.39, 0.29) is 35.9 Å². The van der Waals surface area contributed by atoms with Crippen molar-refractivity contribution >= 4 is 0 Å². The third-order valence-electron chi connectivity index (χ3n) is 0. The average Bonchev–Trinajstić information content (AvgIpc) is 1.81. The standard InChI is InChI=1S/Cu.2FHO.4FH.O.Zr/c;2*1-2;;;;;;/h;2*2H;4*1H;;. The van der Waals surface area contributed by atoms with E-state index < -0.39 is 0 Å². The minimum absolute atomic E-state index is 0. The van der Waals surface area contributed by atoms with Gasteiger partial charge in [0.15, 0.2) is 0 Å². The first-order valence-corrected chi connectivity index (χ1v) is 1.55. The maximum atomic E-state index is 8.50. The fourth-order valence-corrected chi connectivity index (χ4v) is 0. The van der Waals surface area contributed by atoms with Crippen LogP contribution < -0.4 is 0 Å². The molecule has 0 spiro atoms. The fourth-order valence-electron chi connectivity index (χ4n) is 0. The first-order chi connectivity index (χ1) is 3.00. The fraction of sp³-hybridized carbons (Fsp3) is 0. The topological polar surface area (TPSA) is 57.5 Å². The van der Waals surface area contributed by atoms with Gasteiger partial charge in [-0.25, -0.2) is 10.6 Å². The normalized spacial score (nSPS) is 1.36. The second kappa shape index (κ2) is 2040. The molecule has 3 nitrogen and oxygen atoms in total. The summed E-state index contributed by atoms with van der Waals surface area (Å²) >= 11 is 0.300. The molecule has 0 aromatic rings. The van der Waals surface area contributed by atoms with Crippen molar-refractivity contribution in [3.05, 3.63) is 0 Å². The second-order valence-electron chi connectivity index (χ2n) is 0. The first-order valence-electron chi connectivity index (χ1n) is 0.542. The summed E-state index contributed by atoms with van der Waals surface area (Å²) in [7, 11) is 0. The Hall–Kier alpha value is 0.703. The quantitative estimate of drug-likeness (QED) is 0.495. The van der Waals surface area contributed by atoms with Crippen molar-refractivity contribution in [3.63, 3.8) is 0 Å². The van der Waals surface area contributed by atoms with E-state index in [9.17, 15) is 0 Å². The van der Waals surface area contributed by atoms with Crippen LogP contribution in [0.5, 0.6) is 0 Å². The molecular formula is H6CuF6O3Zr. The molecule has 0 aromatic carbocycles. The van der Waals surface area contributed by atoms with Crippen molar-refractivity contribution in [2.45, 2.75) is 0 Å². The van der Waals surface area contributed by atoms with Crippen LogP contribution in [-0.2, 0) is 44.6 Å². The van der Waals surface area contributed by atoms with Crippen molar-refractivity contribution in [1.82, 2.24) is 0 Å². The molecular weight excluding hydrogens is 317 g/mol. The van der Waals surface area contributed by atoms with E-state index >= 15 is 0 Å². The summed E-state index contributed by atoms with van der Waals surface area (Å²) < 4.78 is 25.3. The molecule has 0 aromatic heterocycles. The van der Waals surface area contributed by atoms with Crippen LogP contribution in [0.4, 0.5) is 27.9 Å².